The number of nitrogens with one attached hydrogen (secondary N) is 1. The van der Waals surface area contributed by atoms with Gasteiger partial charge in [-0.25, -0.2) is 4.98 Å². The van der Waals surface area contributed by atoms with E-state index >= 15 is 0 Å². The number of phenolic OH excluding ortho intramolecular Hbond substituents is 1. The van der Waals surface area contributed by atoms with Gasteiger partial charge in [0, 0.05) is 31.6 Å². The van der Waals surface area contributed by atoms with Crippen molar-refractivity contribution >= 4 is 0 Å². The number of H-pyrrole nitrogens is 1. The normalized spacial score (nSPS) is 14.9. The Labute approximate surface area is 147 Å². The summed E-state index contributed by atoms with van der Waals surface area (Å²) in [5.74, 6) is -0.867. The Balaban J connectivity index is 1.82. The number of fused-ring (bicyclic) bond motifs is 1. The van der Waals surface area contributed by atoms with Crippen molar-refractivity contribution in [2.45, 2.75) is 32.6 Å². The van der Waals surface area contributed by atoms with E-state index < -0.39 is 17.6 Å². The lowest BCUT2D eigenvalue weighted by atomic mass is 10.1. The molecule has 0 fully saturated rings. The van der Waals surface area contributed by atoms with Gasteiger partial charge in [-0.3, -0.25) is 9.69 Å². The number of para-hydroxylation sites is 1. The molecule has 26 heavy (non-hydrogen) atoms. The van der Waals surface area contributed by atoms with E-state index in [9.17, 15) is 23.1 Å². The summed E-state index contributed by atoms with van der Waals surface area (Å²) in [6.45, 7) is 3.15. The summed E-state index contributed by atoms with van der Waals surface area (Å²) in [6, 6.07) is 5.14. The highest BCUT2D eigenvalue weighted by Crippen LogP contribution is 2.32. The van der Waals surface area contributed by atoms with E-state index in [1.165, 1.54) is 0 Å². The molecule has 1 aliphatic heterocycles. The van der Waals surface area contributed by atoms with Crippen LogP contribution in [0.25, 0.3) is 0 Å². The summed E-state index contributed by atoms with van der Waals surface area (Å²) >= 11 is 0. The predicted molar refractivity (Wildman–Crippen MR) is 87.0 cm³/mol. The zero-order chi connectivity index (χ0) is 18.9. The van der Waals surface area contributed by atoms with Crippen molar-refractivity contribution in [3.05, 3.63) is 51.2 Å². The molecule has 0 bridgehead atoms. The van der Waals surface area contributed by atoms with Crippen LogP contribution >= 0.6 is 0 Å². The van der Waals surface area contributed by atoms with Gasteiger partial charge in [0.2, 0.25) is 5.82 Å². The van der Waals surface area contributed by atoms with Crippen LogP contribution in [0.3, 0.4) is 0 Å². The van der Waals surface area contributed by atoms with Gasteiger partial charge in [0.1, 0.15) is 0 Å². The molecule has 1 aliphatic rings. The molecule has 0 unspecified atom stereocenters. The molecule has 1 aromatic heterocycles. The van der Waals surface area contributed by atoms with E-state index in [0.717, 1.165) is 0 Å². The fraction of sp³-hybridized carbons (Fsp3) is 0.412. The number of alkyl halides is 3. The molecule has 0 saturated carbocycles. The lowest BCUT2D eigenvalue weighted by Crippen LogP contribution is -2.36. The van der Waals surface area contributed by atoms with Crippen molar-refractivity contribution in [1.82, 2.24) is 14.9 Å². The number of aromatic nitrogens is 2. The fourth-order valence-electron chi connectivity index (χ4n) is 2.96. The second-order valence-corrected chi connectivity index (χ2v) is 6.00. The standard InChI is InChI=1S/C17H18F3N3O3/c1-2-26-13-5-3-4-10(14(13)24)8-23-7-6-12-11(9-23)15(25)22-16(21-12)17(18,19)20/h3-5,24H,2,6-9H2,1H3,(H,21,22,25). The van der Waals surface area contributed by atoms with Crippen LogP contribution in [0, 0.1) is 0 Å². The van der Waals surface area contributed by atoms with Crippen LogP contribution < -0.4 is 10.3 Å². The fourth-order valence-corrected chi connectivity index (χ4v) is 2.96. The third-order valence-corrected chi connectivity index (χ3v) is 4.19. The van der Waals surface area contributed by atoms with E-state index in [-0.39, 0.29) is 30.0 Å². The molecule has 3 rings (SSSR count). The van der Waals surface area contributed by atoms with E-state index in [1.54, 1.807) is 18.2 Å². The van der Waals surface area contributed by atoms with E-state index in [1.807, 2.05) is 16.8 Å². The molecule has 2 N–H and O–H groups in total. The maximum absolute atomic E-state index is 12.8. The van der Waals surface area contributed by atoms with Gasteiger partial charge in [0.05, 0.1) is 17.9 Å². The second-order valence-electron chi connectivity index (χ2n) is 6.00. The van der Waals surface area contributed by atoms with Crippen LogP contribution in [0.2, 0.25) is 0 Å². The van der Waals surface area contributed by atoms with Crippen LogP contribution in [0.5, 0.6) is 11.5 Å². The molecule has 0 atom stereocenters. The number of phenols is 1. The third-order valence-electron chi connectivity index (χ3n) is 4.19. The summed E-state index contributed by atoms with van der Waals surface area (Å²) in [5.41, 5.74) is 0.240. The summed E-state index contributed by atoms with van der Waals surface area (Å²) in [6.07, 6.45) is -4.45. The Morgan fingerprint density at radius 3 is 2.85 bits per heavy atom. The van der Waals surface area contributed by atoms with Gasteiger partial charge in [-0.15, -0.1) is 0 Å². The van der Waals surface area contributed by atoms with Gasteiger partial charge in [-0.2, -0.15) is 13.2 Å². The zero-order valence-electron chi connectivity index (χ0n) is 14.1. The molecule has 6 nitrogen and oxygen atoms in total. The maximum Gasteiger partial charge on any atom is 0.449 e. The number of aromatic hydroxyl groups is 1. The summed E-state index contributed by atoms with van der Waals surface area (Å²) < 4.78 is 43.6. The SMILES string of the molecule is CCOc1cccc(CN2CCc3nc(C(F)(F)F)[nH]c(=O)c3C2)c1O. The number of aromatic amines is 1. The lowest BCUT2D eigenvalue weighted by Gasteiger charge is -2.28. The monoisotopic (exact) mass is 369 g/mol. The average molecular weight is 369 g/mol. The molecular weight excluding hydrogens is 351 g/mol. The molecule has 2 aromatic rings. The van der Waals surface area contributed by atoms with Crippen LogP contribution in [-0.4, -0.2) is 33.1 Å². The largest absolute Gasteiger partial charge is 0.504 e. The Morgan fingerprint density at radius 2 is 2.15 bits per heavy atom. The van der Waals surface area contributed by atoms with Crippen LogP contribution in [0.4, 0.5) is 13.2 Å². The number of ether oxygens (including phenoxy) is 1. The molecule has 0 aliphatic carbocycles. The van der Waals surface area contributed by atoms with E-state index in [0.29, 0.717) is 31.0 Å². The topological polar surface area (TPSA) is 78.5 Å². The maximum atomic E-state index is 12.8. The first-order chi connectivity index (χ1) is 12.3. The summed E-state index contributed by atoms with van der Waals surface area (Å²) in [5, 5.41) is 10.3. The van der Waals surface area contributed by atoms with Crippen molar-refractivity contribution in [3.8, 4) is 11.5 Å². The number of halogens is 3. The molecule has 9 heteroatoms. The first-order valence-electron chi connectivity index (χ1n) is 8.15. The lowest BCUT2D eigenvalue weighted by molar-refractivity contribution is -0.145. The minimum atomic E-state index is -4.68. The minimum absolute atomic E-state index is 0.0274. The minimum Gasteiger partial charge on any atom is -0.504 e. The quantitative estimate of drug-likeness (QED) is 0.866. The average Bonchev–Trinajstić information content (AvgIpc) is 2.58. The highest BCUT2D eigenvalue weighted by molar-refractivity contribution is 5.45. The number of rotatable bonds is 4. The Hall–Kier alpha value is -2.55. The molecule has 0 amide bonds. The Morgan fingerprint density at radius 1 is 1.38 bits per heavy atom. The first kappa shape index (κ1) is 18.2. The van der Waals surface area contributed by atoms with Crippen LogP contribution in [-0.2, 0) is 25.7 Å². The molecule has 0 saturated heterocycles. The van der Waals surface area contributed by atoms with Crippen molar-refractivity contribution in [2.75, 3.05) is 13.2 Å². The number of hydrogen-bond donors (Lipinski definition) is 2. The number of benzene rings is 1. The van der Waals surface area contributed by atoms with Gasteiger partial charge in [-0.1, -0.05) is 12.1 Å². The molecule has 0 radical (unpaired) electrons. The van der Waals surface area contributed by atoms with E-state index in [4.69, 9.17) is 4.74 Å². The van der Waals surface area contributed by atoms with Crippen molar-refractivity contribution in [3.63, 3.8) is 0 Å². The zero-order valence-corrected chi connectivity index (χ0v) is 14.1. The number of nitrogens with zero attached hydrogens (tertiary/aromatic N) is 2. The predicted octanol–water partition coefficient (Wildman–Crippen LogP) is 2.45. The highest BCUT2D eigenvalue weighted by Gasteiger charge is 2.36. The van der Waals surface area contributed by atoms with Crippen LogP contribution in [0.1, 0.15) is 29.6 Å². The Kier molecular flexibility index (Phi) is 4.90. The molecular formula is C17H18F3N3O3. The number of hydrogen-bond acceptors (Lipinski definition) is 5. The van der Waals surface area contributed by atoms with Gasteiger partial charge in [0.25, 0.3) is 5.56 Å². The molecule has 0 spiro atoms. The molecule has 1 aromatic carbocycles. The summed E-state index contributed by atoms with van der Waals surface area (Å²) in [4.78, 5) is 19.3. The van der Waals surface area contributed by atoms with Crippen LogP contribution in [0.15, 0.2) is 23.0 Å². The van der Waals surface area contributed by atoms with Crippen molar-refractivity contribution in [1.29, 1.82) is 0 Å². The van der Waals surface area contributed by atoms with Gasteiger partial charge in [0.15, 0.2) is 11.5 Å². The van der Waals surface area contributed by atoms with Gasteiger partial charge >= 0.3 is 6.18 Å². The molecule has 2 heterocycles. The van der Waals surface area contributed by atoms with Crippen molar-refractivity contribution < 1.29 is 23.0 Å². The molecule has 140 valence electrons. The summed E-state index contributed by atoms with van der Waals surface area (Å²) in [7, 11) is 0. The highest BCUT2D eigenvalue weighted by atomic mass is 19.4. The first-order valence-corrected chi connectivity index (χ1v) is 8.15. The Bertz CT molecular complexity index is 865. The van der Waals surface area contributed by atoms with E-state index in [2.05, 4.69) is 4.98 Å². The van der Waals surface area contributed by atoms with Crippen molar-refractivity contribution in [2.24, 2.45) is 0 Å². The smallest absolute Gasteiger partial charge is 0.449 e. The third kappa shape index (κ3) is 3.67. The van der Waals surface area contributed by atoms with Gasteiger partial charge < -0.3 is 14.8 Å². The van der Waals surface area contributed by atoms with Gasteiger partial charge in [-0.05, 0) is 13.0 Å². The second kappa shape index (κ2) is 6.99.